The first-order valence-electron chi connectivity index (χ1n) is 7.96. The minimum atomic E-state index is -3.17. The lowest BCUT2D eigenvalue weighted by Gasteiger charge is -2.09. The summed E-state index contributed by atoms with van der Waals surface area (Å²) in [5.74, 6) is -2.07. The Balaban J connectivity index is 1.81. The van der Waals surface area contributed by atoms with Crippen LogP contribution in [0.25, 0.3) is 11.0 Å². The first-order chi connectivity index (χ1) is 11.9. The monoisotopic (exact) mass is 366 g/mol. The van der Waals surface area contributed by atoms with Gasteiger partial charge >= 0.3 is 11.9 Å². The van der Waals surface area contributed by atoms with E-state index in [0.29, 0.717) is 16.5 Å². The van der Waals surface area contributed by atoms with Gasteiger partial charge in [0.2, 0.25) is 5.76 Å². The molecule has 1 aliphatic heterocycles. The second-order valence-corrected chi connectivity index (χ2v) is 8.06. The first kappa shape index (κ1) is 17.5. The fraction of sp³-hybridized carbons (Fsp3) is 0.412. The Kier molecular flexibility index (Phi) is 4.80. The van der Waals surface area contributed by atoms with Gasteiger partial charge in [-0.3, -0.25) is 4.79 Å². The fourth-order valence-electron chi connectivity index (χ4n) is 2.85. The van der Waals surface area contributed by atoms with Crippen molar-refractivity contribution < 1.29 is 31.9 Å². The number of rotatable bonds is 5. The number of carbonyl (C=O) groups is 2. The maximum atomic E-state index is 12.1. The summed E-state index contributed by atoms with van der Waals surface area (Å²) >= 11 is 0. The molecule has 0 saturated carbocycles. The van der Waals surface area contributed by atoms with Gasteiger partial charge in [-0.2, -0.15) is 0 Å². The zero-order valence-electron chi connectivity index (χ0n) is 13.7. The van der Waals surface area contributed by atoms with Crippen LogP contribution in [-0.4, -0.2) is 38.5 Å². The van der Waals surface area contributed by atoms with Gasteiger partial charge in [-0.25, -0.2) is 13.2 Å². The highest BCUT2D eigenvalue weighted by Crippen LogP contribution is 2.28. The molecule has 1 aromatic heterocycles. The molecule has 134 valence electrons. The van der Waals surface area contributed by atoms with E-state index < -0.39 is 27.7 Å². The summed E-state index contributed by atoms with van der Waals surface area (Å²) in [5, 5.41) is 0.650. The molecule has 0 radical (unpaired) electrons. The van der Waals surface area contributed by atoms with Gasteiger partial charge in [0.05, 0.1) is 29.6 Å². The number of benzene rings is 1. The van der Waals surface area contributed by atoms with E-state index in [1.165, 1.54) is 0 Å². The minimum Gasteiger partial charge on any atom is -0.460 e. The molecule has 25 heavy (non-hydrogen) atoms. The van der Waals surface area contributed by atoms with Crippen molar-refractivity contribution in [1.29, 1.82) is 0 Å². The fourth-order valence-corrected chi connectivity index (χ4v) is 4.57. The molecular formula is C17H18O7S. The van der Waals surface area contributed by atoms with E-state index in [-0.39, 0.29) is 36.9 Å². The molecule has 1 atom stereocenters. The quantitative estimate of drug-likeness (QED) is 0.747. The highest BCUT2D eigenvalue weighted by atomic mass is 32.2. The third-order valence-electron chi connectivity index (χ3n) is 4.08. The first-order valence-corrected chi connectivity index (χ1v) is 9.78. The van der Waals surface area contributed by atoms with Crippen LogP contribution in [0.2, 0.25) is 0 Å². The summed E-state index contributed by atoms with van der Waals surface area (Å²) in [6, 6.07) is 7.00. The highest BCUT2D eigenvalue weighted by Gasteiger charge is 2.34. The molecule has 8 heteroatoms. The molecule has 3 rings (SSSR count). The zero-order valence-corrected chi connectivity index (χ0v) is 14.5. The number of hydrogen-bond acceptors (Lipinski definition) is 7. The SMILES string of the molecule is CCOC(=O)c1oc2ccccc2c1COC(=O)[C@H]1CCS(=O)(=O)C1. The van der Waals surface area contributed by atoms with Crippen LogP contribution in [0.5, 0.6) is 0 Å². The molecule has 0 spiro atoms. The summed E-state index contributed by atoms with van der Waals surface area (Å²) < 4.78 is 38.8. The van der Waals surface area contributed by atoms with Crippen LogP contribution in [0.1, 0.15) is 29.5 Å². The Morgan fingerprint density at radius 2 is 2.00 bits per heavy atom. The van der Waals surface area contributed by atoms with E-state index in [9.17, 15) is 18.0 Å². The third-order valence-corrected chi connectivity index (χ3v) is 5.85. The lowest BCUT2D eigenvalue weighted by molar-refractivity contribution is -0.149. The van der Waals surface area contributed by atoms with Crippen molar-refractivity contribution in [2.24, 2.45) is 5.92 Å². The molecular weight excluding hydrogens is 348 g/mol. The number of ether oxygens (including phenoxy) is 2. The Hall–Kier alpha value is -2.35. The molecule has 1 aromatic carbocycles. The van der Waals surface area contributed by atoms with Crippen molar-refractivity contribution in [3.8, 4) is 0 Å². The maximum absolute atomic E-state index is 12.1. The van der Waals surface area contributed by atoms with Crippen molar-refractivity contribution in [2.45, 2.75) is 20.0 Å². The van der Waals surface area contributed by atoms with E-state index >= 15 is 0 Å². The second kappa shape index (κ2) is 6.87. The minimum absolute atomic E-state index is 0.00448. The molecule has 0 amide bonds. The van der Waals surface area contributed by atoms with E-state index in [4.69, 9.17) is 13.9 Å². The number of carbonyl (C=O) groups excluding carboxylic acids is 2. The van der Waals surface area contributed by atoms with Crippen LogP contribution in [0.3, 0.4) is 0 Å². The van der Waals surface area contributed by atoms with Crippen molar-refractivity contribution in [2.75, 3.05) is 18.1 Å². The summed E-state index contributed by atoms with van der Waals surface area (Å²) in [6.45, 7) is 1.69. The Bertz CT molecular complexity index is 910. The molecule has 0 N–H and O–H groups in total. The van der Waals surface area contributed by atoms with Crippen LogP contribution in [0.15, 0.2) is 28.7 Å². The largest absolute Gasteiger partial charge is 0.460 e. The van der Waals surface area contributed by atoms with E-state index in [1.807, 2.05) is 0 Å². The number of fused-ring (bicyclic) bond motifs is 1. The Morgan fingerprint density at radius 1 is 1.24 bits per heavy atom. The summed E-state index contributed by atoms with van der Waals surface area (Å²) in [6.07, 6.45) is 0.262. The predicted molar refractivity (Wildman–Crippen MR) is 88.7 cm³/mol. The average molecular weight is 366 g/mol. The van der Waals surface area contributed by atoms with Crippen LogP contribution < -0.4 is 0 Å². The van der Waals surface area contributed by atoms with E-state index in [2.05, 4.69) is 0 Å². The predicted octanol–water partition coefficient (Wildman–Crippen LogP) is 2.09. The molecule has 7 nitrogen and oxygen atoms in total. The molecule has 1 saturated heterocycles. The number of sulfone groups is 1. The van der Waals surface area contributed by atoms with Gasteiger partial charge in [0.25, 0.3) is 0 Å². The normalized spacial score (nSPS) is 19.0. The van der Waals surface area contributed by atoms with Crippen molar-refractivity contribution in [1.82, 2.24) is 0 Å². The topological polar surface area (TPSA) is 99.9 Å². The molecule has 2 heterocycles. The van der Waals surface area contributed by atoms with Crippen molar-refractivity contribution in [3.05, 3.63) is 35.6 Å². The van der Waals surface area contributed by atoms with Gasteiger partial charge in [-0.05, 0) is 19.4 Å². The van der Waals surface area contributed by atoms with E-state index in [0.717, 1.165) is 0 Å². The van der Waals surface area contributed by atoms with Crippen LogP contribution in [0, 0.1) is 5.92 Å². The van der Waals surface area contributed by atoms with Crippen LogP contribution in [0.4, 0.5) is 0 Å². The van der Waals surface area contributed by atoms with Gasteiger partial charge < -0.3 is 13.9 Å². The van der Waals surface area contributed by atoms with Gasteiger partial charge in [-0.1, -0.05) is 18.2 Å². The smallest absolute Gasteiger partial charge is 0.374 e. The highest BCUT2D eigenvalue weighted by molar-refractivity contribution is 7.91. The zero-order chi connectivity index (χ0) is 18.0. The van der Waals surface area contributed by atoms with Crippen LogP contribution >= 0.6 is 0 Å². The maximum Gasteiger partial charge on any atom is 0.374 e. The third kappa shape index (κ3) is 3.68. The van der Waals surface area contributed by atoms with Crippen molar-refractivity contribution in [3.63, 3.8) is 0 Å². The Morgan fingerprint density at radius 3 is 2.68 bits per heavy atom. The number of esters is 2. The van der Waals surface area contributed by atoms with Gasteiger partial charge in [-0.15, -0.1) is 0 Å². The Labute approximate surface area is 144 Å². The summed E-state index contributed by atoms with van der Waals surface area (Å²) in [4.78, 5) is 24.2. The second-order valence-electron chi connectivity index (χ2n) is 5.83. The summed E-state index contributed by atoms with van der Waals surface area (Å²) in [7, 11) is -3.17. The van der Waals surface area contributed by atoms with Crippen molar-refractivity contribution >= 4 is 32.7 Å². The lowest BCUT2D eigenvalue weighted by atomic mass is 10.1. The molecule has 1 fully saturated rings. The van der Waals surface area contributed by atoms with Gasteiger partial charge in [0.1, 0.15) is 12.2 Å². The number of para-hydroxylation sites is 1. The molecule has 0 unspecified atom stereocenters. The standard InChI is InChI=1S/C17H18O7S/c1-2-22-17(19)15-13(12-5-3-4-6-14(12)24-15)9-23-16(18)11-7-8-25(20,21)10-11/h3-6,11H,2,7-10H2,1H3/t11-/m0/s1. The van der Waals surface area contributed by atoms with Gasteiger partial charge in [0, 0.05) is 5.39 Å². The molecule has 0 aliphatic carbocycles. The summed E-state index contributed by atoms with van der Waals surface area (Å²) in [5.41, 5.74) is 0.906. The number of hydrogen-bond donors (Lipinski definition) is 0. The van der Waals surface area contributed by atoms with E-state index in [1.54, 1.807) is 31.2 Å². The molecule has 1 aliphatic rings. The van der Waals surface area contributed by atoms with Gasteiger partial charge in [0.15, 0.2) is 9.84 Å². The molecule has 2 aromatic rings. The lowest BCUT2D eigenvalue weighted by Crippen LogP contribution is -2.19. The van der Waals surface area contributed by atoms with Crippen LogP contribution in [-0.2, 0) is 30.7 Å². The average Bonchev–Trinajstić information content (AvgIpc) is 3.13. The molecule has 0 bridgehead atoms. The number of furan rings is 1.